The summed E-state index contributed by atoms with van der Waals surface area (Å²) in [6, 6.07) is 2.74. The number of nitrogens with one attached hydrogen (secondary N) is 2. The highest BCUT2D eigenvalue weighted by molar-refractivity contribution is 7.89. The summed E-state index contributed by atoms with van der Waals surface area (Å²) in [4.78, 5) is 3.94. The molecule has 1 heterocycles. The maximum absolute atomic E-state index is 11.8. The summed E-state index contributed by atoms with van der Waals surface area (Å²) in [5, 5.41) is 0. The second-order valence-electron chi connectivity index (χ2n) is 3.12. The van der Waals surface area contributed by atoms with Gasteiger partial charge in [-0.05, 0) is 13.0 Å². The number of hydrazine groups is 1. The number of nitrogens with two attached hydrogens (primary N) is 1. The van der Waals surface area contributed by atoms with Crippen LogP contribution in [-0.4, -0.2) is 33.2 Å². The molecule has 0 aliphatic heterocycles. The van der Waals surface area contributed by atoms with E-state index in [4.69, 9.17) is 10.6 Å². The molecule has 0 saturated heterocycles. The molecule has 0 spiro atoms. The molecule has 0 amide bonds. The van der Waals surface area contributed by atoms with E-state index in [1.807, 2.05) is 6.92 Å². The van der Waals surface area contributed by atoms with Gasteiger partial charge in [0.05, 0.1) is 11.5 Å². The van der Waals surface area contributed by atoms with Crippen molar-refractivity contribution in [1.82, 2.24) is 9.71 Å². The van der Waals surface area contributed by atoms with Crippen molar-refractivity contribution in [3.05, 3.63) is 18.3 Å². The molecule has 0 unspecified atom stereocenters. The zero-order chi connectivity index (χ0) is 12.7. The van der Waals surface area contributed by atoms with Crippen molar-refractivity contribution in [2.75, 3.05) is 25.2 Å². The number of anilines is 1. The number of hydrogen-bond donors (Lipinski definition) is 3. The molecule has 1 aromatic heterocycles. The molecular weight excluding hydrogens is 244 g/mol. The third-order valence-corrected chi connectivity index (χ3v) is 3.39. The zero-order valence-electron chi connectivity index (χ0n) is 9.51. The van der Waals surface area contributed by atoms with Crippen LogP contribution in [0.3, 0.4) is 0 Å². The number of nitrogens with zero attached hydrogens (tertiary/aromatic N) is 1. The van der Waals surface area contributed by atoms with Gasteiger partial charge in [-0.3, -0.25) is 0 Å². The Bertz CT molecular complexity index is 449. The lowest BCUT2D eigenvalue weighted by atomic mass is 10.5. The quantitative estimate of drug-likeness (QED) is 0.352. The Morgan fingerprint density at radius 2 is 2.29 bits per heavy atom. The normalized spacial score (nSPS) is 11.4. The van der Waals surface area contributed by atoms with E-state index in [0.717, 1.165) is 0 Å². The first kappa shape index (κ1) is 13.8. The van der Waals surface area contributed by atoms with Crippen molar-refractivity contribution in [2.24, 2.45) is 5.84 Å². The van der Waals surface area contributed by atoms with Gasteiger partial charge in [-0.25, -0.2) is 24.0 Å². The van der Waals surface area contributed by atoms with Gasteiger partial charge in [0, 0.05) is 25.4 Å². The third kappa shape index (κ3) is 4.27. The average Bonchev–Trinajstić information content (AvgIpc) is 2.35. The predicted molar refractivity (Wildman–Crippen MR) is 63.7 cm³/mol. The first-order valence-electron chi connectivity index (χ1n) is 5.10. The fourth-order valence-corrected chi connectivity index (χ4v) is 2.16. The Balaban J connectivity index is 2.68. The standard InChI is InChI=1S/C9H16N4O3S/c1-2-16-6-5-12-17(14,15)8-3-4-11-9(7-8)13-10/h3-4,7,12H,2,5-6,10H2,1H3,(H,11,13). The summed E-state index contributed by atoms with van der Waals surface area (Å²) >= 11 is 0. The smallest absolute Gasteiger partial charge is 0.240 e. The monoisotopic (exact) mass is 260 g/mol. The second-order valence-corrected chi connectivity index (χ2v) is 4.88. The molecule has 7 nitrogen and oxygen atoms in total. The summed E-state index contributed by atoms with van der Waals surface area (Å²) in [7, 11) is -3.54. The van der Waals surface area contributed by atoms with Crippen molar-refractivity contribution in [2.45, 2.75) is 11.8 Å². The van der Waals surface area contributed by atoms with Gasteiger partial charge in [0.15, 0.2) is 0 Å². The molecule has 0 bridgehead atoms. The minimum Gasteiger partial charge on any atom is -0.380 e. The van der Waals surface area contributed by atoms with Gasteiger partial charge in [-0.15, -0.1) is 0 Å². The molecular formula is C9H16N4O3S. The highest BCUT2D eigenvalue weighted by Crippen LogP contribution is 2.11. The van der Waals surface area contributed by atoms with E-state index in [2.05, 4.69) is 15.1 Å². The number of ether oxygens (including phenoxy) is 1. The molecule has 0 aliphatic rings. The lowest BCUT2D eigenvalue weighted by molar-refractivity contribution is 0.153. The van der Waals surface area contributed by atoms with E-state index in [-0.39, 0.29) is 17.3 Å². The van der Waals surface area contributed by atoms with Gasteiger partial charge in [0.1, 0.15) is 5.82 Å². The molecule has 17 heavy (non-hydrogen) atoms. The summed E-state index contributed by atoms with van der Waals surface area (Å²) in [5.74, 6) is 5.44. The Kier molecular flexibility index (Phi) is 5.29. The molecule has 0 fully saturated rings. The minimum absolute atomic E-state index is 0.108. The Morgan fingerprint density at radius 1 is 1.53 bits per heavy atom. The number of rotatable bonds is 7. The van der Waals surface area contributed by atoms with E-state index in [1.54, 1.807) is 0 Å². The fraction of sp³-hybridized carbons (Fsp3) is 0.444. The molecule has 4 N–H and O–H groups in total. The fourth-order valence-electron chi connectivity index (χ4n) is 1.13. The van der Waals surface area contributed by atoms with Crippen LogP contribution in [0, 0.1) is 0 Å². The van der Waals surface area contributed by atoms with E-state index in [1.165, 1.54) is 18.3 Å². The first-order chi connectivity index (χ1) is 8.10. The molecule has 0 aromatic carbocycles. The highest BCUT2D eigenvalue weighted by Gasteiger charge is 2.13. The van der Waals surface area contributed by atoms with Crippen molar-refractivity contribution in [1.29, 1.82) is 0 Å². The molecule has 8 heteroatoms. The minimum atomic E-state index is -3.54. The van der Waals surface area contributed by atoms with Crippen molar-refractivity contribution in [3.8, 4) is 0 Å². The number of aromatic nitrogens is 1. The average molecular weight is 260 g/mol. The number of sulfonamides is 1. The lowest BCUT2D eigenvalue weighted by Gasteiger charge is -2.07. The van der Waals surface area contributed by atoms with Crippen molar-refractivity contribution in [3.63, 3.8) is 0 Å². The van der Waals surface area contributed by atoms with Crippen LogP contribution in [0.2, 0.25) is 0 Å². The van der Waals surface area contributed by atoms with Crippen LogP contribution in [0.5, 0.6) is 0 Å². The van der Waals surface area contributed by atoms with E-state index >= 15 is 0 Å². The molecule has 0 radical (unpaired) electrons. The molecule has 1 rings (SSSR count). The largest absolute Gasteiger partial charge is 0.380 e. The van der Waals surface area contributed by atoms with Crippen LogP contribution in [0.1, 0.15) is 6.92 Å². The van der Waals surface area contributed by atoms with Crippen LogP contribution in [-0.2, 0) is 14.8 Å². The molecule has 96 valence electrons. The van der Waals surface area contributed by atoms with Crippen LogP contribution in [0.25, 0.3) is 0 Å². The summed E-state index contributed by atoms with van der Waals surface area (Å²) in [6.45, 7) is 2.96. The van der Waals surface area contributed by atoms with Gasteiger partial charge < -0.3 is 10.2 Å². The van der Waals surface area contributed by atoms with Gasteiger partial charge >= 0.3 is 0 Å². The molecule has 0 saturated carbocycles. The summed E-state index contributed by atoms with van der Waals surface area (Å²) in [5.41, 5.74) is 2.29. The maximum atomic E-state index is 11.8. The molecule has 0 atom stereocenters. The Labute approximate surface area is 100 Å². The third-order valence-electron chi connectivity index (χ3n) is 1.93. The van der Waals surface area contributed by atoms with E-state index in [0.29, 0.717) is 13.2 Å². The Morgan fingerprint density at radius 3 is 2.94 bits per heavy atom. The number of nitrogen functional groups attached to an aromatic ring is 1. The van der Waals surface area contributed by atoms with Gasteiger partial charge in [0.2, 0.25) is 10.0 Å². The van der Waals surface area contributed by atoms with Crippen LogP contribution in [0.4, 0.5) is 5.82 Å². The highest BCUT2D eigenvalue weighted by atomic mass is 32.2. The topological polar surface area (TPSA) is 106 Å². The first-order valence-corrected chi connectivity index (χ1v) is 6.58. The van der Waals surface area contributed by atoms with E-state index < -0.39 is 10.0 Å². The second kappa shape index (κ2) is 6.50. The van der Waals surface area contributed by atoms with Crippen molar-refractivity contribution < 1.29 is 13.2 Å². The SMILES string of the molecule is CCOCCNS(=O)(=O)c1ccnc(NN)c1. The van der Waals surface area contributed by atoms with Gasteiger partial charge in [-0.2, -0.15) is 0 Å². The van der Waals surface area contributed by atoms with Gasteiger partial charge in [-0.1, -0.05) is 0 Å². The Hall–Kier alpha value is -1.22. The summed E-state index contributed by atoms with van der Waals surface area (Å²) < 4.78 is 31.1. The van der Waals surface area contributed by atoms with Gasteiger partial charge in [0.25, 0.3) is 0 Å². The zero-order valence-corrected chi connectivity index (χ0v) is 10.3. The molecule has 0 aliphatic carbocycles. The van der Waals surface area contributed by atoms with Crippen LogP contribution in [0.15, 0.2) is 23.2 Å². The van der Waals surface area contributed by atoms with Crippen LogP contribution >= 0.6 is 0 Å². The van der Waals surface area contributed by atoms with E-state index in [9.17, 15) is 8.42 Å². The van der Waals surface area contributed by atoms with Crippen LogP contribution < -0.4 is 16.0 Å². The predicted octanol–water partition coefficient (Wildman–Crippen LogP) is -0.318. The summed E-state index contributed by atoms with van der Waals surface area (Å²) in [6.07, 6.45) is 1.37. The lowest BCUT2D eigenvalue weighted by Crippen LogP contribution is -2.27. The molecule has 1 aromatic rings. The number of hydrogen-bond acceptors (Lipinski definition) is 6. The number of pyridine rings is 1. The van der Waals surface area contributed by atoms with Crippen molar-refractivity contribution >= 4 is 15.8 Å². The maximum Gasteiger partial charge on any atom is 0.240 e.